The summed E-state index contributed by atoms with van der Waals surface area (Å²) >= 11 is 0. The van der Waals surface area contributed by atoms with Gasteiger partial charge in [-0.1, -0.05) is 13.8 Å². The van der Waals surface area contributed by atoms with Crippen LogP contribution < -0.4 is 4.74 Å². The zero-order chi connectivity index (χ0) is 22.5. The number of furan rings is 1. The number of likely N-dealkylation sites (tertiary alicyclic amines) is 1. The Balaban J connectivity index is 1.98. The monoisotopic (exact) mass is 426 g/mol. The van der Waals surface area contributed by atoms with Crippen LogP contribution in [0.15, 0.2) is 52.7 Å². The predicted octanol–water partition coefficient (Wildman–Crippen LogP) is 3.83. The molecule has 0 spiro atoms. The van der Waals surface area contributed by atoms with E-state index >= 15 is 0 Å². The smallest absolute Gasteiger partial charge is 0.295 e. The standard InChI is InChI=1S/C24H30N2O5/c1-5-25(6-2)13-14-26-21(19-8-7-15-30-19)20(23(28)24(26)29)22(27)17-9-11-18(12-10-17)31-16(3)4/h7-12,15-16,21,27H,5-6,13-14H2,1-4H3/t21-/m1/s1. The van der Waals surface area contributed by atoms with Crippen LogP contribution >= 0.6 is 0 Å². The summed E-state index contributed by atoms with van der Waals surface area (Å²) in [5.74, 6) is -0.453. The fourth-order valence-corrected chi connectivity index (χ4v) is 3.76. The highest BCUT2D eigenvalue weighted by Gasteiger charge is 2.47. The third kappa shape index (κ3) is 4.82. The minimum atomic E-state index is -0.767. The Morgan fingerprint density at radius 1 is 1.16 bits per heavy atom. The maximum Gasteiger partial charge on any atom is 0.295 e. The van der Waals surface area contributed by atoms with Crippen LogP contribution in [-0.2, 0) is 9.59 Å². The maximum atomic E-state index is 12.9. The quantitative estimate of drug-likeness (QED) is 0.373. The molecule has 0 saturated carbocycles. The van der Waals surface area contributed by atoms with Gasteiger partial charge in [0.25, 0.3) is 11.7 Å². The van der Waals surface area contributed by atoms with Crippen LogP contribution in [0.3, 0.4) is 0 Å². The number of aliphatic hydroxyl groups excluding tert-OH is 1. The lowest BCUT2D eigenvalue weighted by atomic mass is 9.99. The van der Waals surface area contributed by atoms with E-state index in [1.54, 1.807) is 36.4 Å². The Morgan fingerprint density at radius 2 is 1.84 bits per heavy atom. The second kappa shape index (κ2) is 9.83. The molecule has 0 aliphatic carbocycles. The molecule has 1 aromatic carbocycles. The van der Waals surface area contributed by atoms with Crippen molar-refractivity contribution < 1.29 is 23.8 Å². The Labute approximate surface area is 182 Å². The molecule has 1 saturated heterocycles. The third-order valence-corrected chi connectivity index (χ3v) is 5.40. The van der Waals surface area contributed by atoms with Gasteiger partial charge in [0.2, 0.25) is 0 Å². The Morgan fingerprint density at radius 3 is 2.39 bits per heavy atom. The van der Waals surface area contributed by atoms with E-state index in [4.69, 9.17) is 9.15 Å². The largest absolute Gasteiger partial charge is 0.507 e. The van der Waals surface area contributed by atoms with E-state index in [-0.39, 0.29) is 17.4 Å². The molecular formula is C24H30N2O5. The van der Waals surface area contributed by atoms with Crippen LogP contribution in [0, 0.1) is 0 Å². The van der Waals surface area contributed by atoms with Gasteiger partial charge >= 0.3 is 0 Å². The molecule has 7 nitrogen and oxygen atoms in total. The van der Waals surface area contributed by atoms with Crippen molar-refractivity contribution in [1.82, 2.24) is 9.80 Å². The highest BCUT2D eigenvalue weighted by atomic mass is 16.5. The fraction of sp³-hybridized carbons (Fsp3) is 0.417. The van der Waals surface area contributed by atoms with Gasteiger partial charge in [0.1, 0.15) is 23.3 Å². The Hall–Kier alpha value is -3.06. The number of hydrogen-bond donors (Lipinski definition) is 1. The zero-order valence-electron chi connectivity index (χ0n) is 18.5. The molecule has 2 heterocycles. The number of aliphatic hydroxyl groups is 1. The van der Waals surface area contributed by atoms with Crippen LogP contribution in [-0.4, -0.2) is 58.9 Å². The first-order valence-corrected chi connectivity index (χ1v) is 10.7. The van der Waals surface area contributed by atoms with E-state index in [1.807, 2.05) is 27.7 Å². The molecule has 166 valence electrons. The van der Waals surface area contributed by atoms with Crippen LogP contribution in [0.25, 0.3) is 5.76 Å². The molecule has 1 aliphatic heterocycles. The molecule has 31 heavy (non-hydrogen) atoms. The lowest BCUT2D eigenvalue weighted by Crippen LogP contribution is -2.37. The summed E-state index contributed by atoms with van der Waals surface area (Å²) < 4.78 is 11.2. The molecule has 1 amide bonds. The molecule has 1 aromatic heterocycles. The third-order valence-electron chi connectivity index (χ3n) is 5.40. The van der Waals surface area contributed by atoms with Gasteiger partial charge in [-0.3, -0.25) is 9.59 Å². The first kappa shape index (κ1) is 22.6. The molecular weight excluding hydrogens is 396 g/mol. The van der Waals surface area contributed by atoms with Crippen molar-refractivity contribution in [2.45, 2.75) is 39.8 Å². The first-order chi connectivity index (χ1) is 14.9. The van der Waals surface area contributed by atoms with E-state index < -0.39 is 17.7 Å². The highest BCUT2D eigenvalue weighted by Crippen LogP contribution is 2.39. The van der Waals surface area contributed by atoms with Crippen LogP contribution in [0.4, 0.5) is 0 Å². The average Bonchev–Trinajstić information content (AvgIpc) is 3.36. The topological polar surface area (TPSA) is 83.2 Å². The second-order valence-corrected chi connectivity index (χ2v) is 7.73. The van der Waals surface area contributed by atoms with E-state index in [0.29, 0.717) is 30.2 Å². The Kier molecular flexibility index (Phi) is 7.17. The number of Topliss-reactive ketones (excluding diaryl/α,β-unsaturated/α-hetero) is 1. The van der Waals surface area contributed by atoms with Gasteiger partial charge in [0.05, 0.1) is 17.9 Å². The minimum absolute atomic E-state index is 0.0227. The van der Waals surface area contributed by atoms with E-state index in [1.165, 1.54) is 11.2 Å². The summed E-state index contributed by atoms with van der Waals surface area (Å²) in [6.45, 7) is 10.6. The number of carbonyl (C=O) groups excluding carboxylic acids is 2. The number of rotatable bonds is 9. The van der Waals surface area contributed by atoms with Crippen molar-refractivity contribution in [3.05, 3.63) is 59.6 Å². The first-order valence-electron chi connectivity index (χ1n) is 10.7. The van der Waals surface area contributed by atoms with Gasteiger partial charge in [-0.05, 0) is 63.3 Å². The normalized spacial score (nSPS) is 18.4. The van der Waals surface area contributed by atoms with Gasteiger partial charge in [0.15, 0.2) is 0 Å². The molecule has 0 unspecified atom stereocenters. The maximum absolute atomic E-state index is 12.9. The number of nitrogens with zero attached hydrogens (tertiary/aromatic N) is 2. The zero-order valence-corrected chi connectivity index (χ0v) is 18.5. The average molecular weight is 427 g/mol. The van der Waals surface area contributed by atoms with Gasteiger partial charge in [-0.25, -0.2) is 0 Å². The minimum Gasteiger partial charge on any atom is -0.507 e. The van der Waals surface area contributed by atoms with Gasteiger partial charge in [-0.15, -0.1) is 0 Å². The van der Waals surface area contributed by atoms with E-state index in [0.717, 1.165) is 13.1 Å². The molecule has 0 bridgehead atoms. The van der Waals surface area contributed by atoms with E-state index in [9.17, 15) is 14.7 Å². The van der Waals surface area contributed by atoms with Gasteiger partial charge < -0.3 is 24.1 Å². The van der Waals surface area contributed by atoms with Crippen molar-refractivity contribution >= 4 is 17.4 Å². The number of amides is 1. The Bertz CT molecular complexity index is 927. The second-order valence-electron chi connectivity index (χ2n) is 7.73. The van der Waals surface area contributed by atoms with Crippen LogP contribution in [0.5, 0.6) is 5.75 Å². The number of carbonyl (C=O) groups is 2. The SMILES string of the molecule is CCN(CC)CCN1C(=O)C(=O)C(=C(O)c2ccc(OC(C)C)cc2)[C@H]1c1ccco1. The lowest BCUT2D eigenvalue weighted by molar-refractivity contribution is -0.140. The number of ketones is 1. The van der Waals surface area contributed by atoms with Crippen molar-refractivity contribution in [2.24, 2.45) is 0 Å². The number of benzene rings is 1. The molecule has 7 heteroatoms. The van der Waals surface area contributed by atoms with E-state index in [2.05, 4.69) is 4.90 Å². The van der Waals surface area contributed by atoms with Crippen molar-refractivity contribution in [3.63, 3.8) is 0 Å². The molecule has 1 aliphatic rings. The molecule has 3 rings (SSSR count). The summed E-state index contributed by atoms with van der Waals surface area (Å²) in [5.41, 5.74) is 0.478. The van der Waals surface area contributed by atoms with Crippen LogP contribution in [0.2, 0.25) is 0 Å². The summed E-state index contributed by atoms with van der Waals surface area (Å²) in [4.78, 5) is 29.5. The van der Waals surface area contributed by atoms with Gasteiger partial charge in [-0.2, -0.15) is 0 Å². The summed E-state index contributed by atoms with van der Waals surface area (Å²) in [7, 11) is 0. The van der Waals surface area contributed by atoms with Crippen molar-refractivity contribution in [2.75, 3.05) is 26.2 Å². The highest BCUT2D eigenvalue weighted by molar-refractivity contribution is 6.46. The molecule has 0 radical (unpaired) electrons. The fourth-order valence-electron chi connectivity index (χ4n) is 3.76. The summed E-state index contributed by atoms with van der Waals surface area (Å²) in [6.07, 6.45) is 1.52. The van der Waals surface area contributed by atoms with Crippen molar-refractivity contribution in [1.29, 1.82) is 0 Å². The molecule has 1 N–H and O–H groups in total. The number of ether oxygens (including phenoxy) is 1. The van der Waals surface area contributed by atoms with Gasteiger partial charge in [0, 0.05) is 18.7 Å². The number of likely N-dealkylation sites (N-methyl/N-ethyl adjacent to an activating group) is 1. The molecule has 2 aromatic rings. The predicted molar refractivity (Wildman–Crippen MR) is 118 cm³/mol. The molecule has 1 fully saturated rings. The lowest BCUT2D eigenvalue weighted by Gasteiger charge is -2.26. The van der Waals surface area contributed by atoms with Crippen molar-refractivity contribution in [3.8, 4) is 5.75 Å². The summed E-state index contributed by atoms with van der Waals surface area (Å²) in [6, 6.07) is 9.47. The van der Waals surface area contributed by atoms with Crippen LogP contribution in [0.1, 0.15) is 45.1 Å². The number of hydrogen-bond acceptors (Lipinski definition) is 6. The molecule has 1 atom stereocenters. The summed E-state index contributed by atoms with van der Waals surface area (Å²) in [5, 5.41) is 11.0.